The van der Waals surface area contributed by atoms with Crippen LogP contribution in [-0.4, -0.2) is 16.2 Å². The molecule has 0 radical (unpaired) electrons. The smallest absolute Gasteiger partial charge is 0.324 e. The molecule has 0 spiro atoms. The van der Waals surface area contributed by atoms with E-state index in [2.05, 4.69) is 25.3 Å². The second-order valence-electron chi connectivity index (χ2n) is 4.27. The summed E-state index contributed by atoms with van der Waals surface area (Å²) in [4.78, 5) is 17.9. The number of anilines is 2. The van der Waals surface area contributed by atoms with E-state index in [1.165, 1.54) is 6.26 Å². The van der Waals surface area contributed by atoms with Crippen LogP contribution in [0.5, 0.6) is 0 Å². The molecule has 22 heavy (non-hydrogen) atoms. The molecule has 0 fully saturated rings. The van der Waals surface area contributed by atoms with Gasteiger partial charge < -0.3 is 9.84 Å². The van der Waals surface area contributed by atoms with E-state index in [0.29, 0.717) is 11.5 Å². The van der Waals surface area contributed by atoms with Gasteiger partial charge >= 0.3 is 6.03 Å². The molecule has 0 bridgehead atoms. The van der Waals surface area contributed by atoms with E-state index in [1.54, 1.807) is 30.2 Å². The Balaban J connectivity index is 1.58. The number of nitrogens with zero attached hydrogens (tertiary/aromatic N) is 2. The van der Waals surface area contributed by atoms with Crippen LogP contribution in [0.1, 0.15) is 0 Å². The highest BCUT2D eigenvalue weighted by Gasteiger charge is 2.05. The monoisotopic (exact) mass is 312 g/mol. The van der Waals surface area contributed by atoms with Crippen molar-refractivity contribution in [1.82, 2.24) is 10.1 Å². The summed E-state index contributed by atoms with van der Waals surface area (Å²) in [5.74, 6) is 0.363. The van der Waals surface area contributed by atoms with Crippen molar-refractivity contribution < 1.29 is 9.32 Å². The second kappa shape index (κ2) is 6.77. The zero-order valence-electron chi connectivity index (χ0n) is 11.4. The number of rotatable bonds is 4. The van der Waals surface area contributed by atoms with Crippen LogP contribution in [0.25, 0.3) is 0 Å². The molecule has 0 aliphatic carbocycles. The summed E-state index contributed by atoms with van der Waals surface area (Å²) in [5.41, 5.74) is 0.695. The second-order valence-corrected chi connectivity index (χ2v) is 5.42. The van der Waals surface area contributed by atoms with Crippen molar-refractivity contribution in [2.75, 3.05) is 10.6 Å². The highest BCUT2D eigenvalue weighted by atomic mass is 32.2. The molecular formula is C15H12N4O2S. The van der Waals surface area contributed by atoms with E-state index >= 15 is 0 Å². The number of amides is 2. The lowest BCUT2D eigenvalue weighted by Gasteiger charge is -2.06. The maximum atomic E-state index is 11.7. The Hall–Kier alpha value is -2.80. The maximum absolute atomic E-state index is 11.7. The van der Waals surface area contributed by atoms with Crippen molar-refractivity contribution in [3.63, 3.8) is 0 Å². The standard InChI is InChI=1S/C15H12N4O2S/c20-15(18-14-7-10-21-19-14)17-11-1-3-12(4-2-11)22-13-5-8-16-9-6-13/h1-10H,(H2,17,18,19,20). The van der Waals surface area contributed by atoms with Gasteiger partial charge in [0, 0.05) is 33.9 Å². The lowest BCUT2D eigenvalue weighted by atomic mass is 10.3. The van der Waals surface area contributed by atoms with Gasteiger partial charge in [-0.15, -0.1) is 0 Å². The third-order valence-electron chi connectivity index (χ3n) is 2.68. The van der Waals surface area contributed by atoms with Crippen LogP contribution in [-0.2, 0) is 0 Å². The predicted molar refractivity (Wildman–Crippen MR) is 83.9 cm³/mol. The van der Waals surface area contributed by atoms with E-state index in [1.807, 2.05) is 36.4 Å². The van der Waals surface area contributed by atoms with Crippen LogP contribution < -0.4 is 10.6 Å². The van der Waals surface area contributed by atoms with E-state index in [-0.39, 0.29) is 6.03 Å². The number of benzene rings is 1. The Labute approximate surface area is 130 Å². The van der Waals surface area contributed by atoms with Gasteiger partial charge in [0.2, 0.25) is 0 Å². The average Bonchev–Trinajstić information content (AvgIpc) is 3.03. The van der Waals surface area contributed by atoms with Crippen molar-refractivity contribution >= 4 is 29.3 Å². The van der Waals surface area contributed by atoms with Gasteiger partial charge in [-0.25, -0.2) is 4.79 Å². The highest BCUT2D eigenvalue weighted by Crippen LogP contribution is 2.27. The molecule has 0 saturated heterocycles. The number of hydrogen-bond acceptors (Lipinski definition) is 5. The quantitative estimate of drug-likeness (QED) is 0.764. The first-order valence-electron chi connectivity index (χ1n) is 6.46. The van der Waals surface area contributed by atoms with Gasteiger partial charge in [0.05, 0.1) is 0 Å². The summed E-state index contributed by atoms with van der Waals surface area (Å²) in [6.07, 6.45) is 4.90. The van der Waals surface area contributed by atoms with Crippen LogP contribution >= 0.6 is 11.8 Å². The Morgan fingerprint density at radius 3 is 2.36 bits per heavy atom. The number of hydrogen-bond donors (Lipinski definition) is 2. The topological polar surface area (TPSA) is 80.0 Å². The molecule has 6 nitrogen and oxygen atoms in total. The maximum Gasteiger partial charge on any atom is 0.324 e. The van der Waals surface area contributed by atoms with Gasteiger partial charge in [0.1, 0.15) is 6.26 Å². The van der Waals surface area contributed by atoms with Crippen molar-refractivity contribution in [1.29, 1.82) is 0 Å². The molecule has 2 aromatic heterocycles. The number of carbonyl (C=O) groups is 1. The van der Waals surface area contributed by atoms with E-state index < -0.39 is 0 Å². The van der Waals surface area contributed by atoms with Crippen LogP contribution in [0.3, 0.4) is 0 Å². The predicted octanol–water partition coefficient (Wildman–Crippen LogP) is 3.86. The average molecular weight is 312 g/mol. The number of carbonyl (C=O) groups excluding carboxylic acids is 1. The Morgan fingerprint density at radius 2 is 1.68 bits per heavy atom. The zero-order valence-corrected chi connectivity index (χ0v) is 12.2. The summed E-state index contributed by atoms with van der Waals surface area (Å²) < 4.78 is 4.64. The molecule has 2 heterocycles. The molecule has 0 unspecified atom stereocenters. The molecule has 0 saturated carbocycles. The number of nitrogens with one attached hydrogen (secondary N) is 2. The number of urea groups is 1. The lowest BCUT2D eigenvalue weighted by molar-refractivity contribution is 0.262. The van der Waals surface area contributed by atoms with E-state index in [9.17, 15) is 4.79 Å². The molecule has 0 atom stereocenters. The summed E-state index contributed by atoms with van der Waals surface area (Å²) in [6.45, 7) is 0. The first-order chi connectivity index (χ1) is 10.8. The summed E-state index contributed by atoms with van der Waals surface area (Å²) in [7, 11) is 0. The SMILES string of the molecule is O=C(Nc1ccc(Sc2ccncc2)cc1)Nc1ccon1. The Bertz CT molecular complexity index is 730. The Kier molecular flexibility index (Phi) is 4.35. The van der Waals surface area contributed by atoms with Crippen LogP contribution in [0.2, 0.25) is 0 Å². The first kappa shape index (κ1) is 14.2. The third kappa shape index (κ3) is 3.86. The minimum Gasteiger partial charge on any atom is -0.363 e. The summed E-state index contributed by atoms with van der Waals surface area (Å²) >= 11 is 1.63. The fraction of sp³-hybridized carbons (Fsp3) is 0. The van der Waals surface area contributed by atoms with Crippen LogP contribution in [0, 0.1) is 0 Å². The molecule has 0 aliphatic heterocycles. The van der Waals surface area contributed by atoms with Crippen molar-refractivity contribution in [2.24, 2.45) is 0 Å². The van der Waals surface area contributed by atoms with Crippen LogP contribution in [0.4, 0.5) is 16.3 Å². The van der Waals surface area contributed by atoms with Gasteiger partial charge in [0.25, 0.3) is 0 Å². The third-order valence-corrected chi connectivity index (χ3v) is 3.69. The Morgan fingerprint density at radius 1 is 0.955 bits per heavy atom. The van der Waals surface area contributed by atoms with Crippen molar-refractivity contribution in [3.8, 4) is 0 Å². The van der Waals surface area contributed by atoms with E-state index in [0.717, 1.165) is 9.79 Å². The van der Waals surface area contributed by atoms with Gasteiger partial charge in [-0.05, 0) is 36.4 Å². The summed E-state index contributed by atoms with van der Waals surface area (Å²) in [6, 6.07) is 12.6. The molecule has 7 heteroatoms. The molecule has 2 N–H and O–H groups in total. The highest BCUT2D eigenvalue weighted by molar-refractivity contribution is 7.99. The van der Waals surface area contributed by atoms with Gasteiger partial charge in [-0.2, -0.15) is 0 Å². The normalized spacial score (nSPS) is 10.2. The zero-order chi connectivity index (χ0) is 15.2. The minimum atomic E-state index is -0.372. The minimum absolute atomic E-state index is 0.363. The van der Waals surface area contributed by atoms with Crippen molar-refractivity contribution in [2.45, 2.75) is 9.79 Å². The van der Waals surface area contributed by atoms with Gasteiger partial charge in [-0.3, -0.25) is 10.3 Å². The molecule has 1 aromatic carbocycles. The largest absolute Gasteiger partial charge is 0.363 e. The molecule has 3 rings (SSSR count). The fourth-order valence-electron chi connectivity index (χ4n) is 1.70. The molecule has 0 aliphatic rings. The molecule has 2 amide bonds. The fourth-order valence-corrected chi connectivity index (χ4v) is 2.51. The number of aromatic nitrogens is 2. The summed E-state index contributed by atoms with van der Waals surface area (Å²) in [5, 5.41) is 8.88. The first-order valence-corrected chi connectivity index (χ1v) is 7.27. The number of pyridine rings is 1. The van der Waals surface area contributed by atoms with E-state index in [4.69, 9.17) is 0 Å². The van der Waals surface area contributed by atoms with Gasteiger partial charge in [0.15, 0.2) is 5.82 Å². The van der Waals surface area contributed by atoms with Crippen LogP contribution in [0.15, 0.2) is 75.4 Å². The van der Waals surface area contributed by atoms with Crippen molar-refractivity contribution in [3.05, 3.63) is 61.1 Å². The molecule has 110 valence electrons. The lowest BCUT2D eigenvalue weighted by Crippen LogP contribution is -2.19. The molecule has 3 aromatic rings. The van der Waals surface area contributed by atoms with Gasteiger partial charge in [-0.1, -0.05) is 16.9 Å². The molecular weight excluding hydrogens is 300 g/mol.